The van der Waals surface area contributed by atoms with E-state index >= 15 is 0 Å². The van der Waals surface area contributed by atoms with Crippen LogP contribution in [0.3, 0.4) is 0 Å². The second-order valence-corrected chi connectivity index (χ2v) is 5.76. The summed E-state index contributed by atoms with van der Waals surface area (Å²) < 4.78 is 5.70. The average Bonchev–Trinajstić information content (AvgIpc) is 2.89. The first-order chi connectivity index (χ1) is 9.24. The minimum atomic E-state index is 0.140. The van der Waals surface area contributed by atoms with Crippen LogP contribution in [0.2, 0.25) is 0 Å². The first kappa shape index (κ1) is 14.4. The number of nitrogens with zero attached hydrogens (tertiary/aromatic N) is 1. The molecule has 1 aromatic carbocycles. The quantitative estimate of drug-likeness (QED) is 0.820. The Kier molecular flexibility index (Phi) is 5.23. The van der Waals surface area contributed by atoms with Crippen LogP contribution in [0.1, 0.15) is 25.7 Å². The normalized spacial score (nSPS) is 17.8. The van der Waals surface area contributed by atoms with Crippen molar-refractivity contribution in [3.8, 4) is 5.75 Å². The molecule has 2 rings (SSSR count). The van der Waals surface area contributed by atoms with Crippen molar-refractivity contribution in [3.05, 3.63) is 30.3 Å². The van der Waals surface area contributed by atoms with Crippen molar-refractivity contribution >= 4 is 0 Å². The number of hydrogen-bond donors (Lipinski definition) is 1. The monoisotopic (exact) mass is 263 g/mol. The van der Waals surface area contributed by atoms with Gasteiger partial charge in [-0.2, -0.15) is 0 Å². The molecule has 0 aliphatic heterocycles. The summed E-state index contributed by atoms with van der Waals surface area (Å²) in [6.07, 6.45) is 4.84. The lowest BCUT2D eigenvalue weighted by molar-refractivity contribution is 0.0831. The molecule has 0 spiro atoms. The smallest absolute Gasteiger partial charge is 0.119 e. The molecule has 1 aliphatic rings. The number of ether oxygens (including phenoxy) is 1. The van der Waals surface area contributed by atoms with Crippen molar-refractivity contribution in [2.24, 2.45) is 5.41 Å². The predicted octanol–water partition coefficient (Wildman–Crippen LogP) is 2.55. The van der Waals surface area contributed by atoms with E-state index in [0.29, 0.717) is 13.2 Å². The van der Waals surface area contributed by atoms with Gasteiger partial charge in [0.1, 0.15) is 12.4 Å². The van der Waals surface area contributed by atoms with Crippen LogP contribution in [0, 0.1) is 5.41 Å². The molecule has 0 bridgehead atoms. The lowest BCUT2D eigenvalue weighted by atomic mass is 9.87. The third kappa shape index (κ3) is 4.22. The van der Waals surface area contributed by atoms with Crippen LogP contribution in [0.25, 0.3) is 0 Å². The van der Waals surface area contributed by atoms with E-state index in [-0.39, 0.29) is 5.41 Å². The molecule has 0 saturated heterocycles. The first-order valence-corrected chi connectivity index (χ1v) is 7.21. The topological polar surface area (TPSA) is 32.7 Å². The summed E-state index contributed by atoms with van der Waals surface area (Å²) in [7, 11) is 2.12. The number of rotatable bonds is 7. The molecule has 0 radical (unpaired) electrons. The largest absolute Gasteiger partial charge is 0.492 e. The Balaban J connectivity index is 1.71. The van der Waals surface area contributed by atoms with Gasteiger partial charge < -0.3 is 14.7 Å². The van der Waals surface area contributed by atoms with E-state index in [0.717, 1.165) is 31.7 Å². The van der Waals surface area contributed by atoms with Crippen LogP contribution in [0.5, 0.6) is 5.75 Å². The molecule has 1 aromatic rings. The van der Waals surface area contributed by atoms with Crippen LogP contribution in [0.15, 0.2) is 30.3 Å². The maximum atomic E-state index is 9.61. The van der Waals surface area contributed by atoms with E-state index in [9.17, 15) is 5.11 Å². The van der Waals surface area contributed by atoms with Crippen LogP contribution < -0.4 is 4.74 Å². The maximum Gasteiger partial charge on any atom is 0.119 e. The van der Waals surface area contributed by atoms with E-state index < -0.39 is 0 Å². The summed E-state index contributed by atoms with van der Waals surface area (Å²) in [6.45, 7) is 2.89. The number of hydrogen-bond acceptors (Lipinski definition) is 3. The van der Waals surface area contributed by atoms with Gasteiger partial charge in [0.2, 0.25) is 0 Å². The summed E-state index contributed by atoms with van der Waals surface area (Å²) in [4.78, 5) is 2.28. The van der Waals surface area contributed by atoms with Gasteiger partial charge in [0.25, 0.3) is 0 Å². The molecule has 0 heterocycles. The third-order valence-electron chi connectivity index (χ3n) is 4.09. The fraction of sp³-hybridized carbons (Fsp3) is 0.625. The summed E-state index contributed by atoms with van der Waals surface area (Å²) in [5.74, 6) is 0.925. The molecule has 19 heavy (non-hydrogen) atoms. The highest BCUT2D eigenvalue weighted by Gasteiger charge is 2.33. The van der Waals surface area contributed by atoms with E-state index in [4.69, 9.17) is 4.74 Å². The van der Waals surface area contributed by atoms with Gasteiger partial charge in [-0.15, -0.1) is 0 Å². The van der Waals surface area contributed by atoms with Gasteiger partial charge in [0.05, 0.1) is 0 Å². The molecule has 0 amide bonds. The third-order valence-corrected chi connectivity index (χ3v) is 4.09. The zero-order valence-corrected chi connectivity index (χ0v) is 11.8. The van der Waals surface area contributed by atoms with E-state index in [1.807, 2.05) is 30.3 Å². The SMILES string of the molecule is CN(CCOc1ccccc1)CC1(CO)CCCC1. The minimum Gasteiger partial charge on any atom is -0.492 e. The number of likely N-dealkylation sites (N-methyl/N-ethyl adjacent to an activating group) is 1. The average molecular weight is 263 g/mol. The number of aliphatic hydroxyl groups excluding tert-OH is 1. The van der Waals surface area contributed by atoms with Gasteiger partial charge in [0, 0.05) is 25.1 Å². The fourth-order valence-corrected chi connectivity index (χ4v) is 2.98. The molecule has 0 aromatic heterocycles. The maximum absolute atomic E-state index is 9.61. The molecule has 0 unspecified atom stereocenters. The summed E-state index contributed by atoms with van der Waals surface area (Å²) in [5, 5.41) is 9.61. The van der Waals surface area contributed by atoms with Crippen LogP contribution >= 0.6 is 0 Å². The standard InChI is InChI=1S/C16H25NO2/c1-17(13-16(14-18)9-5-6-10-16)11-12-19-15-7-3-2-4-8-15/h2-4,7-8,18H,5-6,9-14H2,1H3. The van der Waals surface area contributed by atoms with Gasteiger partial charge in [-0.3, -0.25) is 0 Å². The van der Waals surface area contributed by atoms with E-state index in [1.165, 1.54) is 12.8 Å². The molecule has 3 heteroatoms. The van der Waals surface area contributed by atoms with Crippen molar-refractivity contribution in [3.63, 3.8) is 0 Å². The Hall–Kier alpha value is -1.06. The van der Waals surface area contributed by atoms with Gasteiger partial charge in [0.15, 0.2) is 0 Å². The Bertz CT molecular complexity index is 360. The minimum absolute atomic E-state index is 0.140. The van der Waals surface area contributed by atoms with Gasteiger partial charge in [-0.05, 0) is 32.0 Å². The predicted molar refractivity (Wildman–Crippen MR) is 77.4 cm³/mol. The molecule has 1 N–H and O–H groups in total. The van der Waals surface area contributed by atoms with Crippen molar-refractivity contribution in [1.29, 1.82) is 0 Å². The van der Waals surface area contributed by atoms with Gasteiger partial charge in [-0.25, -0.2) is 0 Å². The molecular formula is C16H25NO2. The Morgan fingerprint density at radius 1 is 1.21 bits per heavy atom. The molecule has 1 saturated carbocycles. The fourth-order valence-electron chi connectivity index (χ4n) is 2.98. The molecule has 1 aliphatic carbocycles. The second-order valence-electron chi connectivity index (χ2n) is 5.76. The lowest BCUT2D eigenvalue weighted by Crippen LogP contribution is -2.38. The Labute approximate surface area is 116 Å². The number of para-hydroxylation sites is 1. The van der Waals surface area contributed by atoms with Crippen molar-refractivity contribution in [1.82, 2.24) is 4.90 Å². The van der Waals surface area contributed by atoms with Crippen molar-refractivity contribution < 1.29 is 9.84 Å². The van der Waals surface area contributed by atoms with Gasteiger partial charge in [-0.1, -0.05) is 31.0 Å². The zero-order valence-electron chi connectivity index (χ0n) is 11.8. The molecule has 0 atom stereocenters. The van der Waals surface area contributed by atoms with Crippen LogP contribution in [-0.4, -0.2) is 43.4 Å². The first-order valence-electron chi connectivity index (χ1n) is 7.21. The number of aliphatic hydroxyl groups is 1. The summed E-state index contributed by atoms with van der Waals surface area (Å²) in [6, 6.07) is 9.92. The highest BCUT2D eigenvalue weighted by Crippen LogP contribution is 2.37. The van der Waals surface area contributed by atoms with Crippen molar-refractivity contribution in [2.45, 2.75) is 25.7 Å². The number of benzene rings is 1. The highest BCUT2D eigenvalue weighted by molar-refractivity contribution is 5.20. The zero-order chi connectivity index (χ0) is 13.6. The van der Waals surface area contributed by atoms with Crippen molar-refractivity contribution in [2.75, 3.05) is 33.4 Å². The van der Waals surface area contributed by atoms with Crippen LogP contribution in [0.4, 0.5) is 0 Å². The van der Waals surface area contributed by atoms with E-state index in [2.05, 4.69) is 11.9 Å². The lowest BCUT2D eigenvalue weighted by Gasteiger charge is -2.31. The van der Waals surface area contributed by atoms with Gasteiger partial charge >= 0.3 is 0 Å². The molecule has 1 fully saturated rings. The Morgan fingerprint density at radius 3 is 2.53 bits per heavy atom. The molecule has 106 valence electrons. The Morgan fingerprint density at radius 2 is 1.89 bits per heavy atom. The molecule has 3 nitrogen and oxygen atoms in total. The summed E-state index contributed by atoms with van der Waals surface area (Å²) >= 11 is 0. The summed E-state index contributed by atoms with van der Waals surface area (Å²) in [5.41, 5.74) is 0.140. The highest BCUT2D eigenvalue weighted by atomic mass is 16.5. The second kappa shape index (κ2) is 6.92. The van der Waals surface area contributed by atoms with E-state index in [1.54, 1.807) is 0 Å². The van der Waals surface area contributed by atoms with Crippen LogP contribution in [-0.2, 0) is 0 Å². The molecular weight excluding hydrogens is 238 g/mol.